The van der Waals surface area contributed by atoms with E-state index in [1.165, 1.54) is 56.9 Å². The number of benzene rings is 6. The number of methoxy groups -OCH3 is 8. The Morgan fingerprint density at radius 2 is 0.572 bits per heavy atom. The zero-order valence-electron chi connectivity index (χ0n) is 87.6. The first-order valence-corrected chi connectivity index (χ1v) is 48.7. The highest BCUT2D eigenvalue weighted by atomic mass is 35.5. The molecule has 10 atom stereocenters. The summed E-state index contributed by atoms with van der Waals surface area (Å²) in [4.78, 5) is 174. The highest BCUT2D eigenvalue weighted by molar-refractivity contribution is 7.86. The van der Waals surface area contributed by atoms with Gasteiger partial charge < -0.3 is 90.3 Å². The number of rotatable bonds is 45. The number of hydrogen-bond acceptors (Lipinski definition) is 34. The fraction of sp³-hybridized carbons (Fsp3) is 0.505. The summed E-state index contributed by atoms with van der Waals surface area (Å²) >= 11 is 5.36. The summed E-state index contributed by atoms with van der Waals surface area (Å²) < 4.78 is 73.5. The van der Waals surface area contributed by atoms with E-state index in [0.717, 1.165) is 39.6 Å². The molecular weight excluding hydrogens is 1920 g/mol. The Kier molecular flexibility index (Phi) is 63.8. The maximum absolute atomic E-state index is 12.6. The molecule has 4 amide bonds. The average Bonchev–Trinajstić information content (AvgIpc) is 0.859. The van der Waals surface area contributed by atoms with Crippen LogP contribution in [0.5, 0.6) is 0 Å². The van der Waals surface area contributed by atoms with E-state index < -0.39 is 165 Å². The van der Waals surface area contributed by atoms with E-state index in [0.29, 0.717) is 48.3 Å². The molecule has 0 aliphatic heterocycles. The monoisotopic (exact) mass is 2080 g/mol. The number of alkyl carbamates (subject to hydrolysis) is 2. The summed E-state index contributed by atoms with van der Waals surface area (Å²) in [5.74, 6) is -6.39. The van der Waals surface area contributed by atoms with Crippen molar-refractivity contribution in [3.63, 3.8) is 0 Å². The van der Waals surface area contributed by atoms with Gasteiger partial charge in [-0.25, -0.2) is 14.4 Å². The fourth-order valence-electron chi connectivity index (χ4n) is 12.6. The quantitative estimate of drug-likeness (QED) is 0.00731. The van der Waals surface area contributed by atoms with Crippen LogP contribution in [0, 0.1) is 29.6 Å². The molecule has 6 rings (SSSR count). The number of aliphatic carboxylic acids is 2. The minimum Gasteiger partial charge on any atom is -0.480 e. The lowest BCUT2D eigenvalue weighted by Gasteiger charge is -2.25. The van der Waals surface area contributed by atoms with Crippen molar-refractivity contribution in [3.05, 3.63) is 180 Å². The molecule has 0 spiro atoms. The molecule has 0 aliphatic carbocycles. The fourth-order valence-corrected chi connectivity index (χ4v) is 13.3. The molecule has 0 radical (unpaired) electrons. The Hall–Kier alpha value is -12.9. The minimum atomic E-state index is -3.62. The van der Waals surface area contributed by atoms with Crippen molar-refractivity contribution in [1.82, 2.24) is 42.5 Å². The molecule has 0 bridgehead atoms. The summed E-state index contributed by atoms with van der Waals surface area (Å²) in [5, 5.41) is 39.7. The van der Waals surface area contributed by atoms with Crippen LogP contribution in [0.1, 0.15) is 174 Å². The first-order valence-electron chi connectivity index (χ1n) is 46.5. The number of carboxylic acids is 2. The topological polar surface area (TPSA) is 580 Å². The van der Waals surface area contributed by atoms with Crippen molar-refractivity contribution in [2.24, 2.45) is 41.1 Å². The normalized spacial score (nSPS) is 13.0. The standard InChI is InChI=1S/C24H30N2O5.C22H26N2O5.C16H30N2O6.C13H9ClO.C11H22N2O4.C9H18N2O4.C8H16O5S/c1-16(2)14-20(23(28)30-3)26-21(24(29)31-4)15-25-22(27)19-12-10-18(11-13-19)17-8-6-5-7-9-17;1-14(2)12-18(21(26)27)24-19(22(28)29)13-23-20(25)17-10-8-16(9-11-17)15-6-4-3-5-7-15;1-10(2)8-11(13(19)22-6)18-12(14(20)23-7)9-17-15(21)24-16(3,4)5;14-13(15)12-8-6-11(7-9-12)10-4-2-1-3-5-10;1-7(2)5-8(10(14)16-3)13-9(6-12)11(15)17-4;1-9(2,3)15-8(13)11-5-6(10)7(12)14-4;1-6(2)5-7(8(9)12-3)13-14(4,10)11/h5-13,16,20-21,26H,14-15H2,1-4H3,(H,25,27);3-11,14,18-19,24H,12-13H2,1-2H3,(H,23,25)(H,26,27)(H,28,29);10-12,18H,8-9H2,1-7H3,(H,17,21);1-9H;7-9,13H,5-6,12H2,1-4H3;6H,5,10H2,1-4H3,(H,11,13);6-7H,5H2,1-4H3/t20-,21-;18-,19-;11-,12-;;8-,9-;6-;/m000.00./s1. The number of nitrogens with two attached hydrogens (primary N) is 2. The molecule has 6 aromatic carbocycles. The summed E-state index contributed by atoms with van der Waals surface area (Å²) in [5.41, 5.74) is 17.3. The number of carboxylic acid groups (broad SMARTS) is 2. The Morgan fingerprint density at radius 3 is 0.841 bits per heavy atom. The van der Waals surface area contributed by atoms with Crippen LogP contribution in [-0.4, -0.2) is 275 Å². The van der Waals surface area contributed by atoms with Gasteiger partial charge in [0.25, 0.3) is 27.2 Å². The lowest BCUT2D eigenvalue weighted by molar-refractivity contribution is -0.149. The number of amides is 4. The summed E-state index contributed by atoms with van der Waals surface area (Å²) in [6.07, 6.45) is 0.743. The molecule has 40 nitrogen and oxygen atoms in total. The van der Waals surface area contributed by atoms with Crippen LogP contribution < -0.4 is 54.0 Å². The number of esters is 8. The van der Waals surface area contributed by atoms with Crippen molar-refractivity contribution in [2.45, 2.75) is 215 Å². The molecule has 806 valence electrons. The van der Waals surface area contributed by atoms with Gasteiger partial charge in [0, 0.05) is 49.4 Å². The van der Waals surface area contributed by atoms with E-state index in [4.69, 9.17) is 51.5 Å². The maximum atomic E-state index is 12.6. The number of hydrogen-bond donors (Lipinski definition) is 12. The summed E-state index contributed by atoms with van der Waals surface area (Å²) in [7, 11) is 6.47. The molecular formula is C103H151ClN10O30S. The molecule has 0 heterocycles. The van der Waals surface area contributed by atoms with Gasteiger partial charge in [0.15, 0.2) is 6.10 Å². The van der Waals surface area contributed by atoms with Gasteiger partial charge in [-0.1, -0.05) is 197 Å². The Bertz CT molecular complexity index is 5050. The zero-order valence-corrected chi connectivity index (χ0v) is 89.2. The van der Waals surface area contributed by atoms with Crippen LogP contribution in [0.15, 0.2) is 164 Å². The lowest BCUT2D eigenvalue weighted by Crippen LogP contribution is -2.53. The van der Waals surface area contributed by atoms with Crippen molar-refractivity contribution in [3.8, 4) is 33.4 Å². The van der Waals surface area contributed by atoms with Crippen LogP contribution in [0.3, 0.4) is 0 Å². The van der Waals surface area contributed by atoms with Gasteiger partial charge in [0.2, 0.25) is 0 Å². The third-order valence-electron chi connectivity index (χ3n) is 19.5. The molecule has 0 saturated carbocycles. The zero-order chi connectivity index (χ0) is 111. The van der Waals surface area contributed by atoms with Gasteiger partial charge in [-0.2, -0.15) is 8.42 Å². The van der Waals surface area contributed by atoms with E-state index in [1.54, 1.807) is 77.9 Å². The highest BCUT2D eigenvalue weighted by Crippen LogP contribution is 2.24. The van der Waals surface area contributed by atoms with Crippen LogP contribution in [-0.2, 0) is 110 Å². The maximum Gasteiger partial charge on any atom is 0.407 e. The first kappa shape index (κ1) is 132. The van der Waals surface area contributed by atoms with E-state index in [9.17, 15) is 90.5 Å². The van der Waals surface area contributed by atoms with Gasteiger partial charge >= 0.3 is 71.9 Å². The molecule has 145 heavy (non-hydrogen) atoms. The molecule has 1 unspecified atom stereocenters. The Labute approximate surface area is 856 Å². The number of nitrogens with one attached hydrogen (secondary N) is 8. The molecule has 6 aromatic rings. The predicted molar refractivity (Wildman–Crippen MR) is 547 cm³/mol. The third-order valence-corrected chi connectivity index (χ3v) is 20.3. The SMILES string of the molecule is CC(C)C[C@H](N[C@@H](CNC(=O)c1ccc(-c2ccccc2)cc1)C(=O)O)C(=O)O.COC(=O)C(CC(C)C)OS(C)(=O)=O.COC(=O)[C@@H](N)CNC(=O)OC(C)(C)C.COC(=O)[C@H](CN)N[C@@H](CC(C)C)C(=O)OC.COC(=O)[C@H](CNC(=O)OC(C)(C)C)N[C@@H](CC(C)C)C(=O)OC.COC(=O)[C@H](CNC(=O)c1ccc(-c2ccccc2)cc1)N[C@@H](CC(C)C)C(=O)OC.O=C(Cl)c1ccc(-c2ccccc2)cc1. The molecule has 0 aliphatic rings. The molecule has 42 heteroatoms. The second-order valence-electron chi connectivity index (χ2n) is 36.5. The Balaban J connectivity index is 0.00000171. The third kappa shape index (κ3) is 58.0. The van der Waals surface area contributed by atoms with Gasteiger partial charge in [0.1, 0.15) is 65.6 Å². The van der Waals surface area contributed by atoms with E-state index >= 15 is 0 Å². The number of carbonyl (C=O) groups is 15. The minimum absolute atomic E-state index is 0.0123. The summed E-state index contributed by atoms with van der Waals surface area (Å²) in [6.45, 7) is 29.4. The van der Waals surface area contributed by atoms with Crippen molar-refractivity contribution >= 4 is 111 Å². The second-order valence-corrected chi connectivity index (χ2v) is 38.5. The molecule has 0 saturated heterocycles. The number of ether oxygens (including phenoxy) is 10. The van der Waals surface area contributed by atoms with E-state index in [2.05, 4.69) is 65.7 Å². The van der Waals surface area contributed by atoms with E-state index in [1.807, 2.05) is 197 Å². The van der Waals surface area contributed by atoms with Gasteiger partial charge in [-0.15, -0.1) is 0 Å². The van der Waals surface area contributed by atoms with Crippen LogP contribution in [0.4, 0.5) is 9.59 Å². The van der Waals surface area contributed by atoms with Gasteiger partial charge in [-0.05, 0) is 185 Å². The smallest absolute Gasteiger partial charge is 0.407 e. The Morgan fingerprint density at radius 1 is 0.324 bits per heavy atom. The lowest BCUT2D eigenvalue weighted by atomic mass is 10.0. The predicted octanol–water partition coefficient (Wildman–Crippen LogP) is 10.6. The molecule has 14 N–H and O–H groups in total. The van der Waals surface area contributed by atoms with E-state index in [-0.39, 0.29) is 68.7 Å². The average molecular weight is 2080 g/mol. The van der Waals surface area contributed by atoms with Crippen molar-refractivity contribution in [1.29, 1.82) is 0 Å². The van der Waals surface area contributed by atoms with Gasteiger partial charge in [-0.3, -0.25) is 83.0 Å². The number of halogens is 1. The number of carbonyl (C=O) groups excluding carboxylic acids is 13. The summed E-state index contributed by atoms with van der Waals surface area (Å²) in [6, 6.07) is 43.5. The molecule has 0 fully saturated rings. The van der Waals surface area contributed by atoms with Crippen molar-refractivity contribution in [2.75, 3.05) is 95.9 Å². The van der Waals surface area contributed by atoms with Gasteiger partial charge in [0.05, 0.1) is 63.1 Å². The van der Waals surface area contributed by atoms with Crippen LogP contribution in [0.25, 0.3) is 33.4 Å². The second kappa shape index (κ2) is 70.0. The first-order chi connectivity index (χ1) is 67.9. The molecule has 0 aromatic heterocycles. The van der Waals surface area contributed by atoms with Crippen LogP contribution in [0.2, 0.25) is 0 Å². The highest BCUT2D eigenvalue weighted by Gasteiger charge is 2.34. The van der Waals surface area contributed by atoms with Crippen molar-refractivity contribution < 1.29 is 142 Å². The van der Waals surface area contributed by atoms with Crippen LogP contribution >= 0.6 is 11.6 Å². The largest absolute Gasteiger partial charge is 0.480 e.